The molecule has 1 N–H and O–H groups in total. The van der Waals surface area contributed by atoms with Crippen LogP contribution in [0, 0.1) is 5.82 Å². The molecule has 6 nitrogen and oxygen atoms in total. The Labute approximate surface area is 146 Å². The Morgan fingerprint density at radius 2 is 2.21 bits per heavy atom. The van der Waals surface area contributed by atoms with Crippen LogP contribution in [0.15, 0.2) is 27.5 Å². The van der Waals surface area contributed by atoms with E-state index >= 15 is 0 Å². The Balaban J connectivity index is 1.53. The topological polar surface area (TPSA) is 68.9 Å². The van der Waals surface area contributed by atoms with Crippen molar-refractivity contribution in [2.24, 2.45) is 0 Å². The maximum absolute atomic E-state index is 13.7. The third kappa shape index (κ3) is 3.58. The molecule has 2 aromatic rings. The number of aromatic nitrogens is 3. The lowest BCUT2D eigenvalue weighted by atomic mass is 10.2. The zero-order chi connectivity index (χ0) is 17.1. The number of halogens is 2. The minimum Gasteiger partial charge on any atom is -0.352 e. The van der Waals surface area contributed by atoms with Gasteiger partial charge in [0.25, 0.3) is 5.91 Å². The molecule has 0 saturated carbocycles. The number of benzene rings is 1. The van der Waals surface area contributed by atoms with Gasteiger partial charge in [-0.3, -0.25) is 9.36 Å². The third-order valence-corrected chi connectivity index (χ3v) is 4.53. The van der Waals surface area contributed by atoms with Crippen LogP contribution >= 0.6 is 15.9 Å². The average Bonchev–Trinajstić information content (AvgIpc) is 2.88. The molecule has 1 amide bonds. The van der Waals surface area contributed by atoms with Gasteiger partial charge in [0.1, 0.15) is 11.6 Å². The first-order chi connectivity index (χ1) is 11.6. The SMILES string of the molecule is O=C(NCCCn1nc2n(c1=O)CCCC2)c1ccc(Br)cc1F. The van der Waals surface area contributed by atoms with Gasteiger partial charge in [-0.05, 0) is 37.5 Å². The number of rotatable bonds is 5. The fourth-order valence-corrected chi connectivity index (χ4v) is 3.13. The van der Waals surface area contributed by atoms with Gasteiger partial charge in [0.15, 0.2) is 0 Å². The molecule has 0 aliphatic carbocycles. The van der Waals surface area contributed by atoms with Gasteiger partial charge >= 0.3 is 5.69 Å². The number of hydrogen-bond acceptors (Lipinski definition) is 3. The summed E-state index contributed by atoms with van der Waals surface area (Å²) in [6.07, 6.45) is 3.46. The number of nitrogens with one attached hydrogen (secondary N) is 1. The quantitative estimate of drug-likeness (QED) is 0.786. The van der Waals surface area contributed by atoms with E-state index in [-0.39, 0.29) is 11.3 Å². The standard InChI is InChI=1S/C16H18BrFN4O2/c17-11-5-6-12(13(18)10-11)15(23)19-7-3-9-22-16(24)21-8-2-1-4-14(21)20-22/h5-6,10H,1-4,7-9H2,(H,19,23). The first-order valence-electron chi connectivity index (χ1n) is 7.96. The molecule has 2 heterocycles. The minimum atomic E-state index is -0.570. The molecule has 1 aromatic heterocycles. The molecule has 0 fully saturated rings. The lowest BCUT2D eigenvalue weighted by Crippen LogP contribution is -2.29. The summed E-state index contributed by atoms with van der Waals surface area (Å²) >= 11 is 3.15. The summed E-state index contributed by atoms with van der Waals surface area (Å²) in [5.41, 5.74) is -0.0807. The Hall–Kier alpha value is -1.96. The first-order valence-corrected chi connectivity index (χ1v) is 8.75. The smallest absolute Gasteiger partial charge is 0.345 e. The molecular weight excluding hydrogens is 379 g/mol. The molecule has 3 rings (SSSR count). The van der Waals surface area contributed by atoms with Gasteiger partial charge in [-0.25, -0.2) is 13.9 Å². The van der Waals surface area contributed by atoms with E-state index < -0.39 is 11.7 Å². The van der Waals surface area contributed by atoms with Gasteiger partial charge in [0.05, 0.1) is 5.56 Å². The summed E-state index contributed by atoms with van der Waals surface area (Å²) in [5.74, 6) is -0.191. The summed E-state index contributed by atoms with van der Waals surface area (Å²) in [6, 6.07) is 4.31. The molecule has 1 aliphatic rings. The minimum absolute atomic E-state index is 0.00724. The number of carbonyl (C=O) groups excluding carboxylic acids is 1. The predicted octanol–water partition coefficient (Wildman–Crippen LogP) is 2.10. The van der Waals surface area contributed by atoms with E-state index in [1.807, 2.05) is 0 Å². The number of nitrogens with zero attached hydrogens (tertiary/aromatic N) is 3. The Kier molecular flexibility index (Phi) is 5.13. The molecule has 0 saturated heterocycles. The van der Waals surface area contributed by atoms with E-state index in [4.69, 9.17) is 0 Å². The van der Waals surface area contributed by atoms with Crippen molar-refractivity contribution in [3.05, 3.63) is 50.4 Å². The van der Waals surface area contributed by atoms with Crippen LogP contribution in [0.1, 0.15) is 35.4 Å². The Morgan fingerprint density at radius 1 is 1.38 bits per heavy atom. The van der Waals surface area contributed by atoms with Gasteiger partial charge < -0.3 is 5.32 Å². The molecule has 1 aromatic carbocycles. The largest absolute Gasteiger partial charge is 0.352 e. The molecular formula is C16H18BrFN4O2. The fraction of sp³-hybridized carbons (Fsp3) is 0.438. The third-order valence-electron chi connectivity index (χ3n) is 4.04. The molecule has 0 atom stereocenters. The summed E-state index contributed by atoms with van der Waals surface area (Å²) in [5, 5.41) is 7.00. The lowest BCUT2D eigenvalue weighted by molar-refractivity contribution is 0.0948. The highest BCUT2D eigenvalue weighted by Gasteiger charge is 2.16. The highest BCUT2D eigenvalue weighted by atomic mass is 79.9. The van der Waals surface area contributed by atoms with Crippen molar-refractivity contribution < 1.29 is 9.18 Å². The van der Waals surface area contributed by atoms with E-state index in [0.717, 1.165) is 31.6 Å². The molecule has 0 radical (unpaired) electrons. The molecule has 0 bridgehead atoms. The van der Waals surface area contributed by atoms with E-state index in [1.165, 1.54) is 16.8 Å². The molecule has 8 heteroatoms. The van der Waals surface area contributed by atoms with Crippen molar-refractivity contribution in [1.82, 2.24) is 19.7 Å². The predicted molar refractivity (Wildman–Crippen MR) is 90.5 cm³/mol. The van der Waals surface area contributed by atoms with Crippen molar-refractivity contribution in [2.75, 3.05) is 6.54 Å². The van der Waals surface area contributed by atoms with Gasteiger partial charge in [-0.2, -0.15) is 5.10 Å². The van der Waals surface area contributed by atoms with E-state index in [9.17, 15) is 14.0 Å². The van der Waals surface area contributed by atoms with Crippen molar-refractivity contribution in [1.29, 1.82) is 0 Å². The summed E-state index contributed by atoms with van der Waals surface area (Å²) in [7, 11) is 0. The Bertz CT molecular complexity index is 815. The van der Waals surface area contributed by atoms with Crippen molar-refractivity contribution >= 4 is 21.8 Å². The zero-order valence-corrected chi connectivity index (χ0v) is 14.7. The van der Waals surface area contributed by atoms with Crippen molar-refractivity contribution in [3.63, 3.8) is 0 Å². The van der Waals surface area contributed by atoms with E-state index in [1.54, 1.807) is 10.6 Å². The van der Waals surface area contributed by atoms with Gasteiger partial charge in [0, 0.05) is 30.5 Å². The van der Waals surface area contributed by atoms with Crippen LogP contribution in [-0.4, -0.2) is 26.8 Å². The maximum atomic E-state index is 13.7. The normalized spacial score (nSPS) is 13.6. The van der Waals surface area contributed by atoms with E-state index in [0.29, 0.717) is 24.0 Å². The number of carbonyl (C=O) groups is 1. The second-order valence-electron chi connectivity index (χ2n) is 5.76. The van der Waals surface area contributed by atoms with Gasteiger partial charge in [0.2, 0.25) is 0 Å². The zero-order valence-electron chi connectivity index (χ0n) is 13.1. The second-order valence-corrected chi connectivity index (χ2v) is 6.68. The summed E-state index contributed by atoms with van der Waals surface area (Å²) in [6.45, 7) is 1.51. The van der Waals surface area contributed by atoms with Gasteiger partial charge in [-0.1, -0.05) is 15.9 Å². The number of amides is 1. The van der Waals surface area contributed by atoms with Crippen molar-refractivity contribution in [3.8, 4) is 0 Å². The van der Waals surface area contributed by atoms with E-state index in [2.05, 4.69) is 26.3 Å². The van der Waals surface area contributed by atoms with Crippen LogP contribution in [0.3, 0.4) is 0 Å². The second kappa shape index (κ2) is 7.29. The van der Waals surface area contributed by atoms with Crippen LogP contribution in [-0.2, 0) is 19.5 Å². The summed E-state index contributed by atoms with van der Waals surface area (Å²) < 4.78 is 17.5. The van der Waals surface area contributed by atoms with Crippen LogP contribution in [0.2, 0.25) is 0 Å². The number of aryl methyl sites for hydroxylation is 2. The van der Waals surface area contributed by atoms with Crippen LogP contribution in [0.4, 0.5) is 4.39 Å². The van der Waals surface area contributed by atoms with Crippen molar-refractivity contribution in [2.45, 2.75) is 38.8 Å². The maximum Gasteiger partial charge on any atom is 0.345 e. The molecule has 0 unspecified atom stereocenters. The highest BCUT2D eigenvalue weighted by Crippen LogP contribution is 2.15. The molecule has 0 spiro atoms. The molecule has 24 heavy (non-hydrogen) atoms. The number of fused-ring (bicyclic) bond motifs is 1. The average molecular weight is 397 g/mol. The highest BCUT2D eigenvalue weighted by molar-refractivity contribution is 9.10. The lowest BCUT2D eigenvalue weighted by Gasteiger charge is -2.09. The molecule has 1 aliphatic heterocycles. The van der Waals surface area contributed by atoms with Gasteiger partial charge in [-0.15, -0.1) is 0 Å². The molecule has 128 valence electrons. The van der Waals surface area contributed by atoms with Crippen LogP contribution in [0.5, 0.6) is 0 Å². The Morgan fingerprint density at radius 3 is 2.96 bits per heavy atom. The summed E-state index contributed by atoms with van der Waals surface area (Å²) in [4.78, 5) is 24.1. The van der Waals surface area contributed by atoms with Crippen LogP contribution < -0.4 is 11.0 Å². The van der Waals surface area contributed by atoms with Crippen LogP contribution in [0.25, 0.3) is 0 Å². The fourth-order valence-electron chi connectivity index (χ4n) is 2.79. The monoisotopic (exact) mass is 396 g/mol. The number of hydrogen-bond donors (Lipinski definition) is 1. The first kappa shape index (κ1) is 16.9.